The molecule has 2 aromatic rings. The Kier molecular flexibility index (Phi) is 4.70. The van der Waals surface area contributed by atoms with E-state index in [4.69, 9.17) is 21.8 Å². The molecule has 0 aliphatic carbocycles. The molecule has 1 aromatic heterocycles. The van der Waals surface area contributed by atoms with E-state index in [1.165, 1.54) is 18.0 Å². The number of benzene rings is 1. The van der Waals surface area contributed by atoms with E-state index in [2.05, 4.69) is 10.3 Å². The second-order valence-electron chi connectivity index (χ2n) is 3.68. The molecule has 0 spiro atoms. The van der Waals surface area contributed by atoms with Crippen LogP contribution in [-0.2, 0) is 4.79 Å². The fourth-order valence-electron chi connectivity index (χ4n) is 1.36. The first-order valence-electron chi connectivity index (χ1n) is 5.52. The Morgan fingerprint density at radius 1 is 1.53 bits per heavy atom. The maximum atomic E-state index is 11.7. The van der Waals surface area contributed by atoms with Crippen molar-refractivity contribution < 1.29 is 9.21 Å². The average molecular weight is 298 g/mol. The van der Waals surface area contributed by atoms with Crippen LogP contribution < -0.4 is 11.1 Å². The SMILES string of the molecule is Nc1ccc(NC(=O)CCSc2ncco2)c(Cl)c1. The first kappa shape index (κ1) is 13.8. The molecule has 3 N–H and O–H groups in total. The lowest BCUT2D eigenvalue weighted by molar-refractivity contribution is -0.115. The number of nitrogens with two attached hydrogens (primary N) is 1. The van der Waals surface area contributed by atoms with E-state index in [-0.39, 0.29) is 5.91 Å². The van der Waals surface area contributed by atoms with Gasteiger partial charge >= 0.3 is 0 Å². The van der Waals surface area contributed by atoms with E-state index in [0.29, 0.717) is 33.8 Å². The zero-order valence-electron chi connectivity index (χ0n) is 9.93. The Labute approximate surface area is 119 Å². The predicted molar refractivity (Wildman–Crippen MR) is 76.3 cm³/mol. The van der Waals surface area contributed by atoms with Gasteiger partial charge in [0.05, 0.1) is 16.9 Å². The number of carbonyl (C=O) groups excluding carboxylic acids is 1. The summed E-state index contributed by atoms with van der Waals surface area (Å²) < 4.78 is 5.05. The van der Waals surface area contributed by atoms with Crippen molar-refractivity contribution in [3.8, 4) is 0 Å². The molecule has 0 fully saturated rings. The molecule has 19 heavy (non-hydrogen) atoms. The number of aromatic nitrogens is 1. The third-order valence-corrected chi connectivity index (χ3v) is 3.40. The number of rotatable bonds is 5. The molecule has 5 nitrogen and oxygen atoms in total. The predicted octanol–water partition coefficient (Wildman–Crippen LogP) is 3.03. The number of amides is 1. The van der Waals surface area contributed by atoms with Gasteiger partial charge in [0.2, 0.25) is 5.91 Å². The smallest absolute Gasteiger partial charge is 0.255 e. The number of halogens is 1. The van der Waals surface area contributed by atoms with E-state index in [1.54, 1.807) is 24.4 Å². The molecule has 1 amide bonds. The van der Waals surface area contributed by atoms with Crippen molar-refractivity contribution in [2.75, 3.05) is 16.8 Å². The molecule has 0 saturated heterocycles. The highest BCUT2D eigenvalue weighted by molar-refractivity contribution is 7.99. The molecule has 1 aromatic carbocycles. The Bertz CT molecular complexity index is 560. The summed E-state index contributed by atoms with van der Waals surface area (Å²) in [6.07, 6.45) is 3.40. The minimum atomic E-state index is -0.120. The number of thioether (sulfide) groups is 1. The summed E-state index contributed by atoms with van der Waals surface area (Å²) in [6.45, 7) is 0. The van der Waals surface area contributed by atoms with E-state index < -0.39 is 0 Å². The van der Waals surface area contributed by atoms with Gasteiger partial charge in [-0.25, -0.2) is 4.98 Å². The van der Waals surface area contributed by atoms with E-state index in [9.17, 15) is 4.79 Å². The Hall–Kier alpha value is -1.66. The van der Waals surface area contributed by atoms with Crippen molar-refractivity contribution in [3.63, 3.8) is 0 Å². The van der Waals surface area contributed by atoms with Gasteiger partial charge in [-0.05, 0) is 18.2 Å². The maximum Gasteiger partial charge on any atom is 0.255 e. The Morgan fingerprint density at radius 3 is 3.05 bits per heavy atom. The van der Waals surface area contributed by atoms with Crippen LogP contribution in [-0.4, -0.2) is 16.6 Å². The van der Waals surface area contributed by atoms with Crippen molar-refractivity contribution in [2.45, 2.75) is 11.6 Å². The van der Waals surface area contributed by atoms with Crippen LogP contribution in [0.4, 0.5) is 11.4 Å². The largest absolute Gasteiger partial charge is 0.440 e. The number of anilines is 2. The van der Waals surface area contributed by atoms with Gasteiger partial charge in [0.1, 0.15) is 6.26 Å². The fourth-order valence-corrected chi connectivity index (χ4v) is 2.32. The first-order chi connectivity index (χ1) is 9.15. The molecule has 0 saturated carbocycles. The van der Waals surface area contributed by atoms with E-state index in [0.717, 1.165) is 0 Å². The van der Waals surface area contributed by atoms with Crippen molar-refractivity contribution in [3.05, 3.63) is 35.7 Å². The van der Waals surface area contributed by atoms with Gasteiger partial charge in [-0.1, -0.05) is 23.4 Å². The topological polar surface area (TPSA) is 81.1 Å². The highest BCUT2D eigenvalue weighted by Gasteiger charge is 2.07. The zero-order valence-corrected chi connectivity index (χ0v) is 11.5. The van der Waals surface area contributed by atoms with Crippen LogP contribution in [0.2, 0.25) is 5.02 Å². The van der Waals surface area contributed by atoms with Crippen LogP contribution >= 0.6 is 23.4 Å². The average Bonchev–Trinajstić information content (AvgIpc) is 2.86. The standard InChI is InChI=1S/C12H12ClN3O2S/c13-9-7-8(14)1-2-10(9)16-11(17)3-6-19-12-15-4-5-18-12/h1-2,4-5,7H,3,6,14H2,(H,16,17). The highest BCUT2D eigenvalue weighted by atomic mass is 35.5. The normalized spacial score (nSPS) is 10.4. The van der Waals surface area contributed by atoms with Crippen LogP contribution in [0.5, 0.6) is 0 Å². The van der Waals surface area contributed by atoms with Crippen LogP contribution in [0.1, 0.15) is 6.42 Å². The summed E-state index contributed by atoms with van der Waals surface area (Å²) in [6, 6.07) is 4.96. The summed E-state index contributed by atoms with van der Waals surface area (Å²) in [5.41, 5.74) is 6.69. The molecule has 0 radical (unpaired) electrons. The number of nitrogens with zero attached hydrogens (tertiary/aromatic N) is 1. The van der Waals surface area contributed by atoms with Crippen LogP contribution in [0, 0.1) is 0 Å². The molecule has 0 bridgehead atoms. The Balaban J connectivity index is 1.80. The molecule has 0 aliphatic rings. The van der Waals surface area contributed by atoms with Gasteiger partial charge in [-0.15, -0.1) is 0 Å². The first-order valence-corrected chi connectivity index (χ1v) is 6.88. The van der Waals surface area contributed by atoms with Crippen molar-refractivity contribution >= 4 is 40.6 Å². The lowest BCUT2D eigenvalue weighted by Gasteiger charge is -2.07. The highest BCUT2D eigenvalue weighted by Crippen LogP contribution is 2.24. The number of hydrogen-bond donors (Lipinski definition) is 2. The van der Waals surface area contributed by atoms with Gasteiger partial charge in [0.25, 0.3) is 5.22 Å². The lowest BCUT2D eigenvalue weighted by Crippen LogP contribution is -2.12. The molecular formula is C12H12ClN3O2S. The zero-order chi connectivity index (χ0) is 13.7. The lowest BCUT2D eigenvalue weighted by atomic mass is 10.3. The minimum absolute atomic E-state index is 0.120. The monoisotopic (exact) mass is 297 g/mol. The number of oxazole rings is 1. The van der Waals surface area contributed by atoms with Crippen LogP contribution in [0.15, 0.2) is 40.3 Å². The Morgan fingerprint density at radius 2 is 2.37 bits per heavy atom. The molecular weight excluding hydrogens is 286 g/mol. The fraction of sp³-hybridized carbons (Fsp3) is 0.167. The molecule has 0 unspecified atom stereocenters. The van der Waals surface area contributed by atoms with Crippen molar-refractivity contribution in [2.24, 2.45) is 0 Å². The maximum absolute atomic E-state index is 11.7. The van der Waals surface area contributed by atoms with Gasteiger partial charge in [-0.2, -0.15) is 0 Å². The molecule has 0 atom stereocenters. The summed E-state index contributed by atoms with van der Waals surface area (Å²) in [5, 5.41) is 3.71. The molecule has 0 aliphatic heterocycles. The minimum Gasteiger partial charge on any atom is -0.440 e. The number of carbonyl (C=O) groups is 1. The second kappa shape index (κ2) is 6.49. The summed E-state index contributed by atoms with van der Waals surface area (Å²) >= 11 is 7.34. The summed E-state index contributed by atoms with van der Waals surface area (Å²) in [7, 11) is 0. The molecule has 2 rings (SSSR count). The van der Waals surface area contributed by atoms with Gasteiger partial charge < -0.3 is 15.5 Å². The number of nitrogen functional groups attached to an aromatic ring is 1. The van der Waals surface area contributed by atoms with Crippen LogP contribution in [0.25, 0.3) is 0 Å². The molecule has 7 heteroatoms. The van der Waals surface area contributed by atoms with Crippen LogP contribution in [0.3, 0.4) is 0 Å². The van der Waals surface area contributed by atoms with Gasteiger partial charge in [0.15, 0.2) is 0 Å². The van der Waals surface area contributed by atoms with Gasteiger partial charge in [0, 0.05) is 17.9 Å². The summed E-state index contributed by atoms with van der Waals surface area (Å²) in [5.74, 6) is 0.463. The third-order valence-electron chi connectivity index (χ3n) is 2.23. The number of nitrogens with one attached hydrogen (secondary N) is 1. The third kappa shape index (κ3) is 4.18. The van der Waals surface area contributed by atoms with Crippen molar-refractivity contribution in [1.82, 2.24) is 4.98 Å². The molecule has 100 valence electrons. The van der Waals surface area contributed by atoms with Gasteiger partial charge in [-0.3, -0.25) is 4.79 Å². The quantitative estimate of drug-likeness (QED) is 0.655. The van der Waals surface area contributed by atoms with Crippen molar-refractivity contribution in [1.29, 1.82) is 0 Å². The molecule has 1 heterocycles. The van der Waals surface area contributed by atoms with E-state index in [1.807, 2.05) is 0 Å². The second-order valence-corrected chi connectivity index (χ2v) is 5.14. The summed E-state index contributed by atoms with van der Waals surface area (Å²) in [4.78, 5) is 15.7. The van der Waals surface area contributed by atoms with E-state index >= 15 is 0 Å². The number of hydrogen-bond acceptors (Lipinski definition) is 5.